The second-order valence-corrected chi connectivity index (χ2v) is 9.63. The van der Waals surface area contributed by atoms with Crippen LogP contribution in [-0.4, -0.2) is 23.3 Å². The number of benzene rings is 3. The Labute approximate surface area is 221 Å². The SMILES string of the molecule is CC(C)C(=O)N1CCc2ccc(OCc3ccc(C(=O)Nc4ccccc4)o3)cc2[C@H]1c1cccc(F)c1. The van der Waals surface area contributed by atoms with E-state index in [1.54, 1.807) is 30.3 Å². The summed E-state index contributed by atoms with van der Waals surface area (Å²) in [7, 11) is 0. The minimum absolute atomic E-state index is 0.0214. The number of rotatable bonds is 7. The number of para-hydroxylation sites is 1. The summed E-state index contributed by atoms with van der Waals surface area (Å²) in [6.45, 7) is 4.43. The molecule has 0 unspecified atom stereocenters. The zero-order chi connectivity index (χ0) is 26.6. The van der Waals surface area contributed by atoms with Crippen LogP contribution >= 0.6 is 0 Å². The Hall–Kier alpha value is -4.39. The Morgan fingerprint density at radius 2 is 1.84 bits per heavy atom. The number of amides is 2. The highest BCUT2D eigenvalue weighted by atomic mass is 19.1. The largest absolute Gasteiger partial charge is 0.486 e. The van der Waals surface area contributed by atoms with E-state index in [2.05, 4.69) is 5.32 Å². The summed E-state index contributed by atoms with van der Waals surface area (Å²) in [6.07, 6.45) is 0.706. The summed E-state index contributed by atoms with van der Waals surface area (Å²) < 4.78 is 25.9. The van der Waals surface area contributed by atoms with Gasteiger partial charge in [-0.1, -0.05) is 50.2 Å². The van der Waals surface area contributed by atoms with Gasteiger partial charge in [0.25, 0.3) is 5.91 Å². The van der Waals surface area contributed by atoms with Crippen LogP contribution in [0.15, 0.2) is 89.3 Å². The first kappa shape index (κ1) is 25.3. The quantitative estimate of drug-likeness (QED) is 0.312. The molecule has 0 aliphatic carbocycles. The molecule has 1 aliphatic heterocycles. The summed E-state index contributed by atoms with van der Waals surface area (Å²) in [4.78, 5) is 27.4. The van der Waals surface area contributed by atoms with Gasteiger partial charge in [-0.25, -0.2) is 4.39 Å². The van der Waals surface area contributed by atoms with Gasteiger partial charge in [0.15, 0.2) is 5.76 Å². The minimum Gasteiger partial charge on any atom is -0.486 e. The Bertz CT molecular complexity index is 1450. The third-order valence-corrected chi connectivity index (χ3v) is 6.59. The predicted molar refractivity (Wildman–Crippen MR) is 142 cm³/mol. The van der Waals surface area contributed by atoms with Gasteiger partial charge >= 0.3 is 0 Å². The molecule has 0 saturated heterocycles. The van der Waals surface area contributed by atoms with Crippen LogP contribution in [0, 0.1) is 11.7 Å². The average Bonchev–Trinajstić information content (AvgIpc) is 3.40. The molecule has 3 aromatic carbocycles. The van der Waals surface area contributed by atoms with Crippen molar-refractivity contribution >= 4 is 17.5 Å². The molecule has 2 heterocycles. The van der Waals surface area contributed by atoms with E-state index in [1.165, 1.54) is 12.1 Å². The number of anilines is 1. The van der Waals surface area contributed by atoms with Gasteiger partial charge in [-0.15, -0.1) is 0 Å². The number of furan rings is 1. The van der Waals surface area contributed by atoms with Crippen molar-refractivity contribution < 1.29 is 23.1 Å². The molecule has 38 heavy (non-hydrogen) atoms. The second kappa shape index (κ2) is 10.9. The number of nitrogens with zero attached hydrogens (tertiary/aromatic N) is 1. The maximum absolute atomic E-state index is 14.2. The number of halogens is 1. The van der Waals surface area contributed by atoms with E-state index in [0.29, 0.717) is 30.2 Å². The number of fused-ring (bicyclic) bond motifs is 1. The molecular formula is C31H29FN2O4. The van der Waals surface area contributed by atoms with Crippen LogP contribution in [0.3, 0.4) is 0 Å². The lowest BCUT2D eigenvalue weighted by molar-refractivity contribution is -0.136. The van der Waals surface area contributed by atoms with Crippen LogP contribution < -0.4 is 10.1 Å². The summed E-state index contributed by atoms with van der Waals surface area (Å²) >= 11 is 0. The number of ether oxygens (including phenoxy) is 1. The number of hydrogen-bond donors (Lipinski definition) is 1. The fourth-order valence-electron chi connectivity index (χ4n) is 4.73. The maximum Gasteiger partial charge on any atom is 0.291 e. The lowest BCUT2D eigenvalue weighted by atomic mass is 9.87. The summed E-state index contributed by atoms with van der Waals surface area (Å²) in [5, 5.41) is 2.79. The molecule has 4 aromatic rings. The fourth-order valence-corrected chi connectivity index (χ4v) is 4.73. The van der Waals surface area contributed by atoms with Gasteiger partial charge < -0.3 is 19.4 Å². The monoisotopic (exact) mass is 512 g/mol. The molecule has 0 bridgehead atoms. The standard InChI is InChI=1S/C31H29FN2O4/c1-20(2)31(36)34-16-15-21-11-12-25(18-27(21)29(34)22-7-6-8-23(32)17-22)37-19-26-13-14-28(38-26)30(35)33-24-9-4-3-5-10-24/h3-14,17-18,20,29H,15-16,19H2,1-2H3,(H,33,35)/t29-/m1/s1. The van der Waals surface area contributed by atoms with Crippen molar-refractivity contribution in [2.45, 2.75) is 32.9 Å². The minimum atomic E-state index is -0.412. The van der Waals surface area contributed by atoms with E-state index in [-0.39, 0.29) is 35.9 Å². The maximum atomic E-state index is 14.2. The third kappa shape index (κ3) is 5.47. The highest BCUT2D eigenvalue weighted by molar-refractivity contribution is 6.02. The van der Waals surface area contributed by atoms with Gasteiger partial charge in [0.1, 0.15) is 23.9 Å². The molecule has 0 spiro atoms. The van der Waals surface area contributed by atoms with E-state index in [9.17, 15) is 14.0 Å². The van der Waals surface area contributed by atoms with Crippen LogP contribution in [0.4, 0.5) is 10.1 Å². The van der Waals surface area contributed by atoms with E-state index in [1.807, 2.05) is 61.2 Å². The van der Waals surface area contributed by atoms with Gasteiger partial charge in [0.2, 0.25) is 5.91 Å². The molecule has 7 heteroatoms. The van der Waals surface area contributed by atoms with Crippen LogP contribution in [0.25, 0.3) is 0 Å². The zero-order valence-corrected chi connectivity index (χ0v) is 21.3. The van der Waals surface area contributed by atoms with Crippen molar-refractivity contribution in [3.8, 4) is 5.75 Å². The molecule has 1 N–H and O–H groups in total. The van der Waals surface area contributed by atoms with Gasteiger partial charge in [0, 0.05) is 18.2 Å². The first-order valence-electron chi connectivity index (χ1n) is 12.7. The molecular weight excluding hydrogens is 483 g/mol. The Morgan fingerprint density at radius 1 is 1.03 bits per heavy atom. The van der Waals surface area contributed by atoms with Crippen LogP contribution in [0.1, 0.15) is 52.9 Å². The van der Waals surface area contributed by atoms with Crippen LogP contribution in [0.5, 0.6) is 5.75 Å². The number of carbonyl (C=O) groups is 2. The van der Waals surface area contributed by atoms with Crippen LogP contribution in [-0.2, 0) is 17.8 Å². The predicted octanol–water partition coefficient (Wildman–Crippen LogP) is 6.38. The second-order valence-electron chi connectivity index (χ2n) is 9.63. The van der Waals surface area contributed by atoms with E-state index >= 15 is 0 Å². The van der Waals surface area contributed by atoms with E-state index in [0.717, 1.165) is 16.7 Å². The molecule has 2 amide bonds. The molecule has 0 saturated carbocycles. The smallest absolute Gasteiger partial charge is 0.291 e. The average molecular weight is 513 g/mol. The molecule has 0 radical (unpaired) electrons. The van der Waals surface area contributed by atoms with Crippen molar-refractivity contribution in [3.05, 3.63) is 119 Å². The third-order valence-electron chi connectivity index (χ3n) is 6.59. The number of carbonyl (C=O) groups excluding carboxylic acids is 2. The molecule has 1 aliphatic rings. The lowest BCUT2D eigenvalue weighted by Crippen LogP contribution is -2.42. The molecule has 1 aromatic heterocycles. The van der Waals surface area contributed by atoms with Crippen molar-refractivity contribution in [3.63, 3.8) is 0 Å². The Balaban J connectivity index is 1.35. The van der Waals surface area contributed by atoms with Crippen molar-refractivity contribution in [2.24, 2.45) is 5.92 Å². The van der Waals surface area contributed by atoms with E-state index in [4.69, 9.17) is 9.15 Å². The van der Waals surface area contributed by atoms with Gasteiger partial charge in [-0.2, -0.15) is 0 Å². The summed E-state index contributed by atoms with van der Waals surface area (Å²) in [5.41, 5.74) is 3.41. The number of hydrogen-bond acceptors (Lipinski definition) is 4. The van der Waals surface area contributed by atoms with E-state index < -0.39 is 6.04 Å². The van der Waals surface area contributed by atoms with Gasteiger partial charge in [-0.3, -0.25) is 9.59 Å². The van der Waals surface area contributed by atoms with Crippen LogP contribution in [0.2, 0.25) is 0 Å². The van der Waals surface area contributed by atoms with Gasteiger partial charge in [0.05, 0.1) is 6.04 Å². The van der Waals surface area contributed by atoms with Gasteiger partial charge in [-0.05, 0) is 71.6 Å². The Morgan fingerprint density at radius 3 is 2.61 bits per heavy atom. The highest BCUT2D eigenvalue weighted by Gasteiger charge is 2.33. The van der Waals surface area contributed by atoms with Crippen molar-refractivity contribution in [1.82, 2.24) is 4.90 Å². The first-order valence-corrected chi connectivity index (χ1v) is 12.7. The first-order chi connectivity index (χ1) is 18.4. The molecule has 6 nitrogen and oxygen atoms in total. The molecule has 0 fully saturated rings. The topological polar surface area (TPSA) is 71.8 Å². The number of nitrogens with one attached hydrogen (secondary N) is 1. The zero-order valence-electron chi connectivity index (χ0n) is 21.3. The molecule has 1 atom stereocenters. The normalized spacial score (nSPS) is 14.7. The summed E-state index contributed by atoms with van der Waals surface area (Å²) in [5.74, 6) is 0.433. The van der Waals surface area contributed by atoms with Crippen molar-refractivity contribution in [2.75, 3.05) is 11.9 Å². The van der Waals surface area contributed by atoms with Crippen molar-refractivity contribution in [1.29, 1.82) is 0 Å². The summed E-state index contributed by atoms with van der Waals surface area (Å²) in [6, 6.07) is 24.2. The Kier molecular flexibility index (Phi) is 7.26. The molecule has 194 valence electrons. The highest BCUT2D eigenvalue weighted by Crippen LogP contribution is 2.38. The fraction of sp³-hybridized carbons (Fsp3) is 0.226. The lowest BCUT2D eigenvalue weighted by Gasteiger charge is -2.39. The molecule has 5 rings (SSSR count).